The van der Waals surface area contributed by atoms with Crippen molar-refractivity contribution in [2.24, 2.45) is 0 Å². The molecule has 1 rings (SSSR count). The molecule has 0 spiro atoms. The number of aliphatic hydroxyl groups excluding tert-OH is 1. The lowest BCUT2D eigenvalue weighted by molar-refractivity contribution is 0.286. The standard InChI is InChI=1S/C10H14BrFN2O/c11-7-5-9(13)10(6-8(7)12)14-3-1-2-4-15/h5-6,14-15H,1-4,13H2. The molecule has 0 saturated carbocycles. The number of unbranched alkanes of at least 4 members (excludes halogenated alkanes) is 1. The maximum atomic E-state index is 13.2. The first-order chi connectivity index (χ1) is 7.15. The molecule has 0 atom stereocenters. The minimum Gasteiger partial charge on any atom is -0.397 e. The summed E-state index contributed by atoms with van der Waals surface area (Å²) < 4.78 is 13.5. The van der Waals surface area contributed by atoms with E-state index in [-0.39, 0.29) is 12.4 Å². The fourth-order valence-electron chi connectivity index (χ4n) is 1.18. The van der Waals surface area contributed by atoms with Crippen LogP contribution in [0.25, 0.3) is 0 Å². The molecule has 3 nitrogen and oxygen atoms in total. The Morgan fingerprint density at radius 2 is 2.13 bits per heavy atom. The molecular formula is C10H14BrFN2O. The predicted octanol–water partition coefficient (Wildman–Crippen LogP) is 2.35. The summed E-state index contributed by atoms with van der Waals surface area (Å²) in [6.45, 7) is 0.845. The Morgan fingerprint density at radius 3 is 2.80 bits per heavy atom. The van der Waals surface area contributed by atoms with E-state index in [9.17, 15) is 4.39 Å². The monoisotopic (exact) mass is 276 g/mol. The predicted molar refractivity (Wildman–Crippen MR) is 63.3 cm³/mol. The topological polar surface area (TPSA) is 58.3 Å². The number of benzene rings is 1. The maximum absolute atomic E-state index is 13.2. The van der Waals surface area contributed by atoms with Gasteiger partial charge in [-0.25, -0.2) is 4.39 Å². The fourth-order valence-corrected chi connectivity index (χ4v) is 1.54. The molecular weight excluding hydrogens is 263 g/mol. The van der Waals surface area contributed by atoms with Crippen LogP contribution in [-0.4, -0.2) is 18.3 Å². The zero-order valence-electron chi connectivity index (χ0n) is 8.26. The Balaban J connectivity index is 2.57. The van der Waals surface area contributed by atoms with Gasteiger partial charge in [-0.2, -0.15) is 0 Å². The first-order valence-corrected chi connectivity index (χ1v) is 5.53. The Hall–Kier alpha value is -0.810. The molecule has 0 saturated heterocycles. The van der Waals surface area contributed by atoms with Crippen molar-refractivity contribution in [3.63, 3.8) is 0 Å². The molecule has 0 heterocycles. The number of rotatable bonds is 5. The molecule has 0 aliphatic carbocycles. The average Bonchev–Trinajstić information content (AvgIpc) is 2.20. The largest absolute Gasteiger partial charge is 0.397 e. The highest BCUT2D eigenvalue weighted by Crippen LogP contribution is 2.26. The van der Waals surface area contributed by atoms with E-state index in [1.54, 1.807) is 0 Å². The zero-order valence-corrected chi connectivity index (χ0v) is 9.85. The third-order valence-electron chi connectivity index (χ3n) is 1.99. The van der Waals surface area contributed by atoms with Crippen LogP contribution in [-0.2, 0) is 0 Å². The minimum atomic E-state index is -0.339. The van der Waals surface area contributed by atoms with Gasteiger partial charge in [-0.3, -0.25) is 0 Å². The van der Waals surface area contributed by atoms with Crippen molar-refractivity contribution in [1.82, 2.24) is 0 Å². The molecule has 0 bridgehead atoms. The fraction of sp³-hybridized carbons (Fsp3) is 0.400. The maximum Gasteiger partial charge on any atom is 0.139 e. The van der Waals surface area contributed by atoms with Crippen LogP contribution in [0.2, 0.25) is 0 Å². The van der Waals surface area contributed by atoms with Crippen molar-refractivity contribution < 1.29 is 9.50 Å². The Kier molecular flexibility index (Phi) is 4.84. The molecule has 0 radical (unpaired) electrons. The van der Waals surface area contributed by atoms with Crippen molar-refractivity contribution in [3.8, 4) is 0 Å². The van der Waals surface area contributed by atoms with Gasteiger partial charge in [-0.1, -0.05) is 0 Å². The van der Waals surface area contributed by atoms with E-state index in [1.807, 2.05) is 0 Å². The number of hydrogen-bond acceptors (Lipinski definition) is 3. The molecule has 0 fully saturated rings. The van der Waals surface area contributed by atoms with Gasteiger partial charge in [-0.05, 0) is 34.8 Å². The Morgan fingerprint density at radius 1 is 1.40 bits per heavy atom. The van der Waals surface area contributed by atoms with E-state index >= 15 is 0 Å². The lowest BCUT2D eigenvalue weighted by Crippen LogP contribution is -2.05. The van der Waals surface area contributed by atoms with E-state index in [4.69, 9.17) is 10.8 Å². The molecule has 1 aromatic carbocycles. The molecule has 1 aromatic rings. The van der Waals surface area contributed by atoms with Crippen molar-refractivity contribution in [2.75, 3.05) is 24.2 Å². The van der Waals surface area contributed by atoms with Gasteiger partial charge in [-0.15, -0.1) is 0 Å². The Labute approximate surface area is 96.6 Å². The summed E-state index contributed by atoms with van der Waals surface area (Å²) in [6, 6.07) is 2.89. The van der Waals surface area contributed by atoms with E-state index in [0.29, 0.717) is 22.4 Å². The highest BCUT2D eigenvalue weighted by Gasteiger charge is 2.04. The first kappa shape index (κ1) is 12.3. The average molecular weight is 277 g/mol. The van der Waals surface area contributed by atoms with E-state index < -0.39 is 0 Å². The van der Waals surface area contributed by atoms with Gasteiger partial charge >= 0.3 is 0 Å². The van der Waals surface area contributed by atoms with Gasteiger partial charge in [0.1, 0.15) is 5.82 Å². The molecule has 5 heteroatoms. The molecule has 4 N–H and O–H groups in total. The van der Waals surface area contributed by atoms with Gasteiger partial charge in [0.25, 0.3) is 0 Å². The van der Waals surface area contributed by atoms with Gasteiger partial charge in [0, 0.05) is 19.2 Å². The smallest absolute Gasteiger partial charge is 0.139 e. The quantitative estimate of drug-likeness (QED) is 0.572. The summed E-state index contributed by atoms with van der Waals surface area (Å²) in [7, 11) is 0. The van der Waals surface area contributed by atoms with Crippen molar-refractivity contribution in [3.05, 3.63) is 22.4 Å². The Bertz CT molecular complexity index is 333. The lowest BCUT2D eigenvalue weighted by atomic mass is 10.2. The second-order valence-corrected chi connectivity index (χ2v) is 4.07. The van der Waals surface area contributed by atoms with Gasteiger partial charge in [0.2, 0.25) is 0 Å². The number of hydrogen-bond donors (Lipinski definition) is 3. The van der Waals surface area contributed by atoms with Gasteiger partial charge < -0.3 is 16.2 Å². The molecule has 0 aliphatic heterocycles. The van der Waals surface area contributed by atoms with Crippen LogP contribution >= 0.6 is 15.9 Å². The van der Waals surface area contributed by atoms with Crippen LogP contribution in [0.3, 0.4) is 0 Å². The molecule has 0 aromatic heterocycles. The summed E-state index contributed by atoms with van der Waals surface area (Å²) in [4.78, 5) is 0. The number of anilines is 2. The number of nitrogen functional groups attached to an aromatic ring is 1. The van der Waals surface area contributed by atoms with Crippen LogP contribution < -0.4 is 11.1 Å². The molecule has 0 aliphatic rings. The second-order valence-electron chi connectivity index (χ2n) is 3.21. The molecule has 0 amide bonds. The number of halogens is 2. The van der Waals surface area contributed by atoms with Crippen molar-refractivity contribution in [1.29, 1.82) is 0 Å². The van der Waals surface area contributed by atoms with E-state index in [1.165, 1.54) is 12.1 Å². The number of aliphatic hydroxyl groups is 1. The summed E-state index contributed by atoms with van der Waals surface area (Å²) >= 11 is 3.06. The van der Waals surface area contributed by atoms with Crippen LogP contribution in [0.5, 0.6) is 0 Å². The van der Waals surface area contributed by atoms with Crippen molar-refractivity contribution >= 4 is 27.3 Å². The van der Waals surface area contributed by atoms with E-state index in [2.05, 4.69) is 21.2 Å². The summed E-state index contributed by atoms with van der Waals surface area (Å²) in [5, 5.41) is 11.6. The number of nitrogens with two attached hydrogens (primary N) is 1. The van der Waals surface area contributed by atoms with Crippen LogP contribution in [0, 0.1) is 5.82 Å². The SMILES string of the molecule is Nc1cc(Br)c(F)cc1NCCCCO. The van der Waals surface area contributed by atoms with Crippen molar-refractivity contribution in [2.45, 2.75) is 12.8 Å². The molecule has 0 unspecified atom stereocenters. The minimum absolute atomic E-state index is 0.172. The zero-order chi connectivity index (χ0) is 11.3. The second kappa shape index (κ2) is 5.92. The number of nitrogens with one attached hydrogen (secondary N) is 1. The van der Waals surface area contributed by atoms with Crippen LogP contribution in [0.4, 0.5) is 15.8 Å². The molecule has 15 heavy (non-hydrogen) atoms. The van der Waals surface area contributed by atoms with E-state index in [0.717, 1.165) is 12.8 Å². The van der Waals surface area contributed by atoms with Gasteiger partial charge in [0.15, 0.2) is 0 Å². The first-order valence-electron chi connectivity index (χ1n) is 4.74. The summed E-state index contributed by atoms with van der Waals surface area (Å²) in [5.74, 6) is -0.339. The third kappa shape index (κ3) is 3.68. The molecule has 84 valence electrons. The summed E-state index contributed by atoms with van der Waals surface area (Å²) in [6.07, 6.45) is 1.56. The van der Waals surface area contributed by atoms with Gasteiger partial charge in [0.05, 0.1) is 15.8 Å². The van der Waals surface area contributed by atoms with Crippen LogP contribution in [0.15, 0.2) is 16.6 Å². The normalized spacial score (nSPS) is 10.3. The third-order valence-corrected chi connectivity index (χ3v) is 2.60. The highest BCUT2D eigenvalue weighted by atomic mass is 79.9. The highest BCUT2D eigenvalue weighted by molar-refractivity contribution is 9.10. The summed E-state index contributed by atoms with van der Waals surface area (Å²) in [5.41, 5.74) is 6.79. The lowest BCUT2D eigenvalue weighted by Gasteiger charge is -2.09. The van der Waals surface area contributed by atoms with Crippen LogP contribution in [0.1, 0.15) is 12.8 Å².